The van der Waals surface area contributed by atoms with Crippen LogP contribution in [0, 0.1) is 5.82 Å². The van der Waals surface area contributed by atoms with Gasteiger partial charge < -0.3 is 14.3 Å². The van der Waals surface area contributed by atoms with E-state index in [9.17, 15) is 9.50 Å². The number of hydrogen-bond acceptors (Lipinski definition) is 3. The normalized spacial score (nSPS) is 12.4. The fourth-order valence-electron chi connectivity index (χ4n) is 1.66. The molecule has 0 aliphatic rings. The fourth-order valence-corrected chi connectivity index (χ4v) is 1.66. The summed E-state index contributed by atoms with van der Waals surface area (Å²) in [6.45, 7) is 0. The van der Waals surface area contributed by atoms with Gasteiger partial charge in [0.15, 0.2) is 11.6 Å². The van der Waals surface area contributed by atoms with E-state index in [1.54, 1.807) is 24.3 Å². The van der Waals surface area contributed by atoms with Gasteiger partial charge in [-0.3, -0.25) is 0 Å². The second-order valence-corrected chi connectivity index (χ2v) is 3.71. The third kappa shape index (κ3) is 2.47. The summed E-state index contributed by atoms with van der Waals surface area (Å²) in [5.41, 5.74) is 1.05. The zero-order valence-electron chi connectivity index (χ0n) is 9.39. The van der Waals surface area contributed by atoms with E-state index < -0.39 is 11.9 Å². The Labute approximate surface area is 98.5 Å². The van der Waals surface area contributed by atoms with Gasteiger partial charge in [-0.1, -0.05) is 12.1 Å². The van der Waals surface area contributed by atoms with Crippen LogP contribution in [0.3, 0.4) is 0 Å². The van der Waals surface area contributed by atoms with Crippen LogP contribution in [0.1, 0.15) is 17.2 Å². The van der Waals surface area contributed by atoms with Gasteiger partial charge in [-0.25, -0.2) is 4.39 Å². The number of hydrogen-bond donors (Lipinski definition) is 1. The molecule has 4 heteroatoms. The van der Waals surface area contributed by atoms with Crippen LogP contribution < -0.4 is 4.74 Å². The molecule has 0 amide bonds. The average Bonchev–Trinajstić information content (AvgIpc) is 2.85. The summed E-state index contributed by atoms with van der Waals surface area (Å²) in [7, 11) is 1.41. The van der Waals surface area contributed by atoms with Gasteiger partial charge >= 0.3 is 0 Å². The molecule has 1 unspecified atom stereocenters. The molecule has 0 bridgehead atoms. The SMILES string of the molecule is COc1cccc(CC(O)c2ccoc2)c1F. The summed E-state index contributed by atoms with van der Waals surface area (Å²) in [6, 6.07) is 6.52. The number of aliphatic hydroxyl groups excluding tert-OH is 1. The third-order valence-corrected chi connectivity index (χ3v) is 2.60. The van der Waals surface area contributed by atoms with Crippen LogP contribution in [-0.4, -0.2) is 12.2 Å². The van der Waals surface area contributed by atoms with Crippen LogP contribution in [0.2, 0.25) is 0 Å². The first kappa shape index (κ1) is 11.7. The maximum Gasteiger partial charge on any atom is 0.168 e. The zero-order chi connectivity index (χ0) is 12.3. The number of benzene rings is 1. The highest BCUT2D eigenvalue weighted by Crippen LogP contribution is 2.25. The quantitative estimate of drug-likeness (QED) is 0.887. The van der Waals surface area contributed by atoms with Gasteiger partial charge in [0.05, 0.1) is 25.7 Å². The number of methoxy groups -OCH3 is 1. The predicted octanol–water partition coefficient (Wildman–Crippen LogP) is 2.70. The standard InChI is InChI=1S/C13H13FO3/c1-16-12-4-2-3-9(13(12)14)7-11(15)10-5-6-17-8-10/h2-6,8,11,15H,7H2,1H3. The minimum Gasteiger partial charge on any atom is -0.494 e. The van der Waals surface area contributed by atoms with Crippen molar-refractivity contribution in [2.24, 2.45) is 0 Å². The van der Waals surface area contributed by atoms with Crippen molar-refractivity contribution in [3.63, 3.8) is 0 Å². The molecule has 1 heterocycles. The molecule has 0 saturated carbocycles. The Hall–Kier alpha value is -1.81. The zero-order valence-corrected chi connectivity index (χ0v) is 9.39. The van der Waals surface area contributed by atoms with Crippen molar-refractivity contribution < 1.29 is 18.7 Å². The van der Waals surface area contributed by atoms with Crippen LogP contribution in [0.4, 0.5) is 4.39 Å². The van der Waals surface area contributed by atoms with Gasteiger partial charge in [-0.05, 0) is 17.7 Å². The van der Waals surface area contributed by atoms with E-state index in [0.29, 0.717) is 11.1 Å². The average molecular weight is 236 g/mol. The Bertz CT molecular complexity index is 479. The number of rotatable bonds is 4. The largest absolute Gasteiger partial charge is 0.494 e. The lowest BCUT2D eigenvalue weighted by Gasteiger charge is -2.11. The van der Waals surface area contributed by atoms with E-state index in [1.807, 2.05) is 0 Å². The molecule has 0 aliphatic carbocycles. The smallest absolute Gasteiger partial charge is 0.168 e. The molecular formula is C13H13FO3. The molecule has 2 rings (SSSR count). The molecule has 17 heavy (non-hydrogen) atoms. The molecule has 0 radical (unpaired) electrons. The van der Waals surface area contributed by atoms with Crippen LogP contribution >= 0.6 is 0 Å². The van der Waals surface area contributed by atoms with E-state index in [-0.39, 0.29) is 12.2 Å². The maximum absolute atomic E-state index is 13.8. The summed E-state index contributed by atoms with van der Waals surface area (Å²) in [5.74, 6) is -0.251. The summed E-state index contributed by atoms with van der Waals surface area (Å²) in [6.07, 6.45) is 2.32. The second-order valence-electron chi connectivity index (χ2n) is 3.71. The van der Waals surface area contributed by atoms with E-state index in [0.717, 1.165) is 0 Å². The summed E-state index contributed by atoms with van der Waals surface area (Å²) in [4.78, 5) is 0. The second kappa shape index (κ2) is 5.01. The summed E-state index contributed by atoms with van der Waals surface area (Å²) >= 11 is 0. The molecule has 0 fully saturated rings. The van der Waals surface area contributed by atoms with Gasteiger partial charge in [0, 0.05) is 12.0 Å². The Morgan fingerprint density at radius 2 is 2.24 bits per heavy atom. The predicted molar refractivity (Wildman–Crippen MR) is 60.3 cm³/mol. The van der Waals surface area contributed by atoms with Gasteiger partial charge in [-0.15, -0.1) is 0 Å². The Balaban J connectivity index is 2.19. The van der Waals surface area contributed by atoms with Gasteiger partial charge in [0.2, 0.25) is 0 Å². The fraction of sp³-hybridized carbons (Fsp3) is 0.231. The lowest BCUT2D eigenvalue weighted by molar-refractivity contribution is 0.176. The lowest BCUT2D eigenvalue weighted by atomic mass is 10.0. The Morgan fingerprint density at radius 1 is 1.41 bits per heavy atom. The van der Waals surface area contributed by atoms with E-state index in [4.69, 9.17) is 9.15 Å². The van der Waals surface area contributed by atoms with Crippen molar-refractivity contribution in [1.82, 2.24) is 0 Å². The molecule has 3 nitrogen and oxygen atoms in total. The van der Waals surface area contributed by atoms with E-state index >= 15 is 0 Å². The summed E-state index contributed by atoms with van der Waals surface area (Å²) in [5, 5.41) is 9.88. The molecule has 90 valence electrons. The van der Waals surface area contributed by atoms with Gasteiger partial charge in [0.25, 0.3) is 0 Å². The van der Waals surface area contributed by atoms with E-state index in [1.165, 1.54) is 19.6 Å². The number of ether oxygens (including phenoxy) is 1. The minimum absolute atomic E-state index is 0.182. The van der Waals surface area contributed by atoms with Gasteiger partial charge in [-0.2, -0.15) is 0 Å². The number of aliphatic hydroxyl groups is 1. The van der Waals surface area contributed by atoms with Crippen LogP contribution in [0.25, 0.3) is 0 Å². The first-order valence-electron chi connectivity index (χ1n) is 5.24. The highest BCUT2D eigenvalue weighted by atomic mass is 19.1. The highest BCUT2D eigenvalue weighted by Gasteiger charge is 2.14. The first-order valence-corrected chi connectivity index (χ1v) is 5.24. The highest BCUT2D eigenvalue weighted by molar-refractivity contribution is 5.32. The molecule has 1 N–H and O–H groups in total. The van der Waals surface area contributed by atoms with E-state index in [2.05, 4.69) is 0 Å². The van der Waals surface area contributed by atoms with Crippen LogP contribution in [0.5, 0.6) is 5.75 Å². The molecule has 0 saturated heterocycles. The summed E-state index contributed by atoms with van der Waals surface area (Å²) < 4.78 is 23.6. The number of halogens is 1. The van der Waals surface area contributed by atoms with Gasteiger partial charge in [0.1, 0.15) is 0 Å². The van der Waals surface area contributed by atoms with Crippen molar-refractivity contribution in [2.45, 2.75) is 12.5 Å². The monoisotopic (exact) mass is 236 g/mol. The Kier molecular flexibility index (Phi) is 3.44. The number of furan rings is 1. The molecule has 1 aromatic carbocycles. The van der Waals surface area contributed by atoms with Crippen molar-refractivity contribution in [3.8, 4) is 5.75 Å². The molecule has 1 atom stereocenters. The van der Waals surface area contributed by atoms with Crippen molar-refractivity contribution >= 4 is 0 Å². The first-order chi connectivity index (χ1) is 8.22. The Morgan fingerprint density at radius 3 is 2.88 bits per heavy atom. The maximum atomic E-state index is 13.8. The topological polar surface area (TPSA) is 42.6 Å². The molecule has 2 aromatic rings. The van der Waals surface area contributed by atoms with Crippen molar-refractivity contribution in [1.29, 1.82) is 0 Å². The third-order valence-electron chi connectivity index (χ3n) is 2.60. The minimum atomic E-state index is -0.782. The van der Waals surface area contributed by atoms with Crippen molar-refractivity contribution in [3.05, 3.63) is 53.7 Å². The van der Waals surface area contributed by atoms with Crippen LogP contribution in [0.15, 0.2) is 41.2 Å². The molecule has 1 aromatic heterocycles. The molecular weight excluding hydrogens is 223 g/mol. The lowest BCUT2D eigenvalue weighted by Crippen LogP contribution is -2.03. The molecule has 0 aliphatic heterocycles. The van der Waals surface area contributed by atoms with Crippen molar-refractivity contribution in [2.75, 3.05) is 7.11 Å². The van der Waals surface area contributed by atoms with Crippen LogP contribution in [-0.2, 0) is 6.42 Å². The molecule has 0 spiro atoms.